The Labute approximate surface area is 154 Å². The molecular weight excluding hydrogens is 379 g/mol. The molecule has 1 aliphatic heterocycles. The highest BCUT2D eigenvalue weighted by molar-refractivity contribution is 7.81. The molecule has 2 N–H and O–H groups in total. The van der Waals surface area contributed by atoms with Gasteiger partial charge >= 0.3 is 16.5 Å². The maximum Gasteiger partial charge on any atom is 0.488 e. The monoisotopic (exact) mass is 394 g/mol. The van der Waals surface area contributed by atoms with Crippen LogP contribution in [0.3, 0.4) is 0 Å². The van der Waals surface area contributed by atoms with Crippen LogP contribution in [0.4, 0.5) is 3.89 Å². The van der Waals surface area contributed by atoms with E-state index in [2.05, 4.69) is 9.17 Å². The van der Waals surface area contributed by atoms with Crippen LogP contribution in [0.2, 0.25) is 0 Å². The van der Waals surface area contributed by atoms with E-state index in [0.717, 1.165) is 0 Å². The van der Waals surface area contributed by atoms with Crippen molar-refractivity contribution in [2.45, 2.75) is 12.8 Å². The summed E-state index contributed by atoms with van der Waals surface area (Å²) < 4.78 is 48.9. The van der Waals surface area contributed by atoms with Crippen LogP contribution in [-0.2, 0) is 20.0 Å². The van der Waals surface area contributed by atoms with Crippen LogP contribution in [0.15, 0.2) is 54.2 Å². The summed E-state index contributed by atoms with van der Waals surface area (Å²) in [6.45, 7) is 1.80. The van der Waals surface area contributed by atoms with Gasteiger partial charge in [0.2, 0.25) is 5.88 Å². The first-order valence-electron chi connectivity index (χ1n) is 7.82. The Balaban J connectivity index is 2.13. The van der Waals surface area contributed by atoms with Crippen molar-refractivity contribution in [1.29, 1.82) is 0 Å². The predicted molar refractivity (Wildman–Crippen MR) is 91.7 cm³/mol. The predicted octanol–water partition coefficient (Wildman–Crippen LogP) is 1.93. The van der Waals surface area contributed by atoms with E-state index in [1.165, 1.54) is 18.2 Å². The van der Waals surface area contributed by atoms with Gasteiger partial charge in [-0.1, -0.05) is 16.0 Å². The van der Waals surface area contributed by atoms with Crippen molar-refractivity contribution in [2.75, 3.05) is 6.61 Å². The van der Waals surface area contributed by atoms with E-state index in [1.807, 2.05) is 0 Å². The number of nitrogens with zero attached hydrogens (tertiary/aromatic N) is 1. The van der Waals surface area contributed by atoms with Gasteiger partial charge < -0.3 is 19.4 Å². The first kappa shape index (κ1) is 18.6. The standard InChI is InChI=1S/C17H15FN2O6S/c1-2-24-17(21)15-14(10-4-3-7-20-9-10)12-6-5-11(26-27(18,22)23)8-13(12)25-16(15)19/h3-9,14H,2,19H2,1H3. The van der Waals surface area contributed by atoms with Crippen molar-refractivity contribution < 1.29 is 30.8 Å². The minimum Gasteiger partial charge on any atom is -0.462 e. The first-order valence-corrected chi connectivity index (χ1v) is 9.13. The molecular formula is C17H15FN2O6S. The van der Waals surface area contributed by atoms with E-state index in [0.29, 0.717) is 11.1 Å². The summed E-state index contributed by atoms with van der Waals surface area (Å²) in [5.74, 6) is -1.71. The van der Waals surface area contributed by atoms with Gasteiger partial charge in [0, 0.05) is 24.0 Å². The number of nitrogens with two attached hydrogens (primary N) is 1. The third-order valence-electron chi connectivity index (χ3n) is 3.78. The molecule has 2 heterocycles. The largest absolute Gasteiger partial charge is 0.488 e. The lowest BCUT2D eigenvalue weighted by molar-refractivity contribution is -0.139. The number of hydrogen-bond acceptors (Lipinski definition) is 8. The van der Waals surface area contributed by atoms with E-state index in [1.54, 1.807) is 31.5 Å². The Kier molecular flexibility index (Phi) is 5.00. The van der Waals surface area contributed by atoms with Crippen LogP contribution in [0.5, 0.6) is 11.5 Å². The highest BCUT2D eigenvalue weighted by Gasteiger charge is 2.36. The molecule has 0 amide bonds. The Hall–Kier alpha value is -3.14. The summed E-state index contributed by atoms with van der Waals surface area (Å²) in [7, 11) is -5.20. The van der Waals surface area contributed by atoms with Crippen LogP contribution in [0, 0.1) is 0 Å². The number of halogens is 1. The van der Waals surface area contributed by atoms with Crippen molar-refractivity contribution >= 4 is 16.5 Å². The molecule has 10 heteroatoms. The summed E-state index contributed by atoms with van der Waals surface area (Å²) in [6.07, 6.45) is 3.13. The molecule has 142 valence electrons. The van der Waals surface area contributed by atoms with Gasteiger partial charge in [0.05, 0.1) is 12.5 Å². The Morgan fingerprint density at radius 2 is 2.15 bits per heavy atom. The van der Waals surface area contributed by atoms with Crippen molar-refractivity contribution in [1.82, 2.24) is 4.98 Å². The van der Waals surface area contributed by atoms with E-state index in [4.69, 9.17) is 15.2 Å². The average molecular weight is 394 g/mol. The Morgan fingerprint density at radius 3 is 2.78 bits per heavy atom. The van der Waals surface area contributed by atoms with E-state index in [-0.39, 0.29) is 29.6 Å². The summed E-state index contributed by atoms with van der Waals surface area (Å²) in [4.78, 5) is 16.5. The Morgan fingerprint density at radius 1 is 1.37 bits per heavy atom. The average Bonchev–Trinajstić information content (AvgIpc) is 2.60. The van der Waals surface area contributed by atoms with Gasteiger partial charge in [-0.2, -0.15) is 8.42 Å². The number of hydrogen-bond donors (Lipinski definition) is 1. The van der Waals surface area contributed by atoms with Crippen LogP contribution >= 0.6 is 0 Å². The molecule has 27 heavy (non-hydrogen) atoms. The van der Waals surface area contributed by atoms with Crippen LogP contribution in [0.1, 0.15) is 24.0 Å². The number of pyridine rings is 1. The van der Waals surface area contributed by atoms with Gasteiger partial charge in [-0.25, -0.2) is 4.79 Å². The number of aromatic nitrogens is 1. The van der Waals surface area contributed by atoms with E-state index >= 15 is 0 Å². The summed E-state index contributed by atoms with van der Waals surface area (Å²) in [6, 6.07) is 7.31. The van der Waals surface area contributed by atoms with Crippen molar-refractivity contribution in [2.24, 2.45) is 5.73 Å². The van der Waals surface area contributed by atoms with Gasteiger partial charge in [-0.3, -0.25) is 4.98 Å². The highest BCUT2D eigenvalue weighted by Crippen LogP contribution is 2.43. The molecule has 0 bridgehead atoms. The summed E-state index contributed by atoms with van der Waals surface area (Å²) in [5.41, 5.74) is 7.15. The minimum absolute atomic E-state index is 0.0872. The molecule has 0 radical (unpaired) electrons. The molecule has 0 spiro atoms. The number of ether oxygens (including phenoxy) is 2. The second-order valence-electron chi connectivity index (χ2n) is 5.50. The molecule has 1 unspecified atom stereocenters. The molecule has 1 aliphatic rings. The van der Waals surface area contributed by atoms with Gasteiger partial charge in [0.25, 0.3) is 0 Å². The number of benzene rings is 1. The molecule has 1 atom stereocenters. The quantitative estimate of drug-likeness (QED) is 0.604. The minimum atomic E-state index is -5.20. The molecule has 8 nitrogen and oxygen atoms in total. The fraction of sp³-hybridized carbons (Fsp3) is 0.176. The SMILES string of the molecule is CCOC(=O)C1=C(N)Oc2cc(OS(=O)(=O)F)ccc2C1c1cccnc1. The third-order valence-corrected chi connectivity index (χ3v) is 4.17. The number of rotatable bonds is 5. The zero-order chi connectivity index (χ0) is 19.6. The smallest absolute Gasteiger partial charge is 0.462 e. The fourth-order valence-electron chi connectivity index (χ4n) is 2.80. The zero-order valence-electron chi connectivity index (χ0n) is 14.1. The van der Waals surface area contributed by atoms with Gasteiger partial charge in [0.1, 0.15) is 17.1 Å². The van der Waals surface area contributed by atoms with Crippen molar-refractivity contribution in [3.05, 3.63) is 65.3 Å². The van der Waals surface area contributed by atoms with Gasteiger partial charge in [0.15, 0.2) is 0 Å². The Bertz CT molecular complexity index is 1010. The van der Waals surface area contributed by atoms with Crippen molar-refractivity contribution in [3.8, 4) is 11.5 Å². The normalized spacial score (nSPS) is 16.3. The van der Waals surface area contributed by atoms with Crippen LogP contribution < -0.4 is 14.7 Å². The highest BCUT2D eigenvalue weighted by atomic mass is 32.3. The maximum atomic E-state index is 12.8. The number of carbonyl (C=O) groups is 1. The molecule has 0 aliphatic carbocycles. The van der Waals surface area contributed by atoms with Crippen LogP contribution in [-0.4, -0.2) is 26.0 Å². The zero-order valence-corrected chi connectivity index (χ0v) is 14.9. The van der Waals surface area contributed by atoms with E-state index < -0.39 is 22.4 Å². The van der Waals surface area contributed by atoms with Crippen molar-refractivity contribution in [3.63, 3.8) is 0 Å². The molecule has 0 fully saturated rings. The molecule has 0 saturated carbocycles. The molecule has 2 aromatic rings. The lowest BCUT2D eigenvalue weighted by Gasteiger charge is -2.28. The van der Waals surface area contributed by atoms with E-state index in [9.17, 15) is 17.1 Å². The molecule has 3 rings (SSSR count). The summed E-state index contributed by atoms with van der Waals surface area (Å²) in [5, 5.41) is 0. The maximum absolute atomic E-state index is 12.8. The fourth-order valence-corrected chi connectivity index (χ4v) is 3.13. The van der Waals surface area contributed by atoms with Gasteiger partial charge in [-0.15, -0.1) is 0 Å². The number of fused-ring (bicyclic) bond motifs is 1. The first-order chi connectivity index (χ1) is 12.8. The summed E-state index contributed by atoms with van der Waals surface area (Å²) >= 11 is 0. The van der Waals surface area contributed by atoms with Crippen LogP contribution in [0.25, 0.3) is 0 Å². The number of esters is 1. The second-order valence-corrected chi connectivity index (χ2v) is 6.45. The topological polar surface area (TPSA) is 118 Å². The van der Waals surface area contributed by atoms with Gasteiger partial charge in [-0.05, 0) is 24.6 Å². The molecule has 1 aromatic carbocycles. The third kappa shape index (κ3) is 4.00. The molecule has 0 saturated heterocycles. The molecule has 1 aromatic heterocycles. The lowest BCUT2D eigenvalue weighted by Crippen LogP contribution is -2.27. The second kappa shape index (κ2) is 7.23. The number of carbonyl (C=O) groups excluding carboxylic acids is 1. The lowest BCUT2D eigenvalue weighted by atomic mass is 9.83.